The molecule has 0 atom stereocenters. The van der Waals surface area contributed by atoms with Crippen LogP contribution >= 0.6 is 11.8 Å². The van der Waals surface area contributed by atoms with Gasteiger partial charge in [0.25, 0.3) is 0 Å². The number of aliphatic imine (C=N–C) groups is 1. The highest BCUT2D eigenvalue weighted by Crippen LogP contribution is 2.21. The van der Waals surface area contributed by atoms with Gasteiger partial charge in [0.2, 0.25) is 0 Å². The summed E-state index contributed by atoms with van der Waals surface area (Å²) in [6, 6.07) is 4.22. The third-order valence-corrected chi connectivity index (χ3v) is 4.54. The molecule has 0 radical (unpaired) electrons. The van der Waals surface area contributed by atoms with Gasteiger partial charge in [-0.1, -0.05) is 0 Å². The van der Waals surface area contributed by atoms with Gasteiger partial charge in [0.05, 0.1) is 13.1 Å². The smallest absolute Gasteiger partial charge is 0.194 e. The Balaban J connectivity index is 2.74. The molecule has 0 saturated carbocycles. The number of aryl methyl sites for hydroxylation is 1. The monoisotopic (exact) mass is 296 g/mol. The van der Waals surface area contributed by atoms with Crippen molar-refractivity contribution in [2.75, 3.05) is 26.4 Å². The van der Waals surface area contributed by atoms with Crippen LogP contribution in [0, 0.1) is 0 Å². The van der Waals surface area contributed by atoms with Gasteiger partial charge in [-0.3, -0.25) is 4.99 Å². The van der Waals surface area contributed by atoms with Crippen LogP contribution in [0.1, 0.15) is 26.5 Å². The second-order valence-corrected chi connectivity index (χ2v) is 7.11. The molecule has 0 bridgehead atoms. The third-order valence-electron chi connectivity index (χ3n) is 3.31. The largest absolute Gasteiger partial charge is 0.357 e. The van der Waals surface area contributed by atoms with Crippen LogP contribution in [0.25, 0.3) is 0 Å². The van der Waals surface area contributed by atoms with Crippen LogP contribution in [0.2, 0.25) is 0 Å². The Kier molecular flexibility index (Phi) is 6.46. The molecule has 0 aliphatic rings. The lowest BCUT2D eigenvalue weighted by Crippen LogP contribution is -2.39. The Hall–Kier alpha value is -1.10. The van der Waals surface area contributed by atoms with Crippen molar-refractivity contribution in [2.45, 2.75) is 32.1 Å². The first-order valence-corrected chi connectivity index (χ1v) is 8.27. The second-order valence-electron chi connectivity index (χ2n) is 5.60. The first-order valence-electron chi connectivity index (χ1n) is 7.04. The molecule has 114 valence electrons. The van der Waals surface area contributed by atoms with Crippen molar-refractivity contribution >= 4 is 17.7 Å². The summed E-state index contributed by atoms with van der Waals surface area (Å²) in [4.78, 5) is 6.94. The summed E-state index contributed by atoms with van der Waals surface area (Å²) < 4.78 is 2.32. The first-order chi connectivity index (χ1) is 9.39. The second kappa shape index (κ2) is 7.62. The van der Waals surface area contributed by atoms with E-state index in [4.69, 9.17) is 4.99 Å². The third kappa shape index (κ3) is 5.12. The van der Waals surface area contributed by atoms with Crippen molar-refractivity contribution in [3.63, 3.8) is 0 Å². The highest BCUT2D eigenvalue weighted by Gasteiger charge is 2.16. The number of guanidine groups is 1. The number of aromatic nitrogens is 1. The molecule has 0 aliphatic carbocycles. The van der Waals surface area contributed by atoms with E-state index in [0.29, 0.717) is 0 Å². The van der Waals surface area contributed by atoms with Crippen molar-refractivity contribution in [1.29, 1.82) is 0 Å². The molecule has 0 spiro atoms. The van der Waals surface area contributed by atoms with Crippen LogP contribution in [0.4, 0.5) is 0 Å². The number of thioether (sulfide) groups is 1. The van der Waals surface area contributed by atoms with Crippen molar-refractivity contribution in [3.05, 3.63) is 24.0 Å². The quantitative estimate of drug-likeness (QED) is 0.647. The van der Waals surface area contributed by atoms with Gasteiger partial charge in [0.1, 0.15) is 0 Å². The molecule has 0 unspecified atom stereocenters. The molecule has 1 rings (SSSR count). The van der Waals surface area contributed by atoms with E-state index in [1.165, 1.54) is 5.69 Å². The average molecular weight is 296 g/mol. The maximum atomic E-state index is 4.77. The van der Waals surface area contributed by atoms with Crippen molar-refractivity contribution in [2.24, 2.45) is 12.0 Å². The van der Waals surface area contributed by atoms with Gasteiger partial charge >= 0.3 is 0 Å². The van der Waals surface area contributed by atoms with Crippen LogP contribution in [0.15, 0.2) is 23.3 Å². The summed E-state index contributed by atoms with van der Waals surface area (Å²) in [6.45, 7) is 9.11. The van der Waals surface area contributed by atoms with Crippen molar-refractivity contribution in [3.8, 4) is 0 Å². The molecule has 1 aromatic rings. The van der Waals surface area contributed by atoms with Crippen LogP contribution in [-0.2, 0) is 13.6 Å². The maximum absolute atomic E-state index is 4.77. The zero-order chi connectivity index (χ0) is 15.2. The Bertz CT molecular complexity index is 437. The predicted octanol–water partition coefficient (Wildman–Crippen LogP) is 2.56. The van der Waals surface area contributed by atoms with Crippen LogP contribution in [-0.4, -0.2) is 46.6 Å². The maximum Gasteiger partial charge on any atom is 0.194 e. The lowest BCUT2D eigenvalue weighted by atomic mass is 10.2. The highest BCUT2D eigenvalue weighted by molar-refractivity contribution is 7.99. The lowest BCUT2D eigenvalue weighted by molar-refractivity contribution is 0.460. The molecule has 4 nitrogen and oxygen atoms in total. The van der Waals surface area contributed by atoms with Gasteiger partial charge in [0.15, 0.2) is 5.96 Å². The van der Waals surface area contributed by atoms with E-state index in [9.17, 15) is 0 Å². The number of rotatable bonds is 6. The molecule has 20 heavy (non-hydrogen) atoms. The summed E-state index contributed by atoms with van der Waals surface area (Å²) in [5.74, 6) is 0.968. The SMILES string of the molecule is CCNC(=NCC(C)(C)SC)N(C)Cc1cccn1C. The van der Waals surface area contributed by atoms with Gasteiger partial charge in [0, 0.05) is 37.3 Å². The Morgan fingerprint density at radius 2 is 2.20 bits per heavy atom. The standard InChI is InChI=1S/C15H28N4S/c1-7-16-14(17-12-15(2,3)20-6)19(5)11-13-9-8-10-18(13)4/h8-10H,7,11-12H2,1-6H3,(H,16,17). The highest BCUT2D eigenvalue weighted by atomic mass is 32.2. The van der Waals surface area contributed by atoms with E-state index in [2.05, 4.69) is 74.2 Å². The summed E-state index contributed by atoms with van der Waals surface area (Å²) in [5.41, 5.74) is 1.28. The normalized spacial score (nSPS) is 12.6. The van der Waals surface area contributed by atoms with Crippen molar-refractivity contribution in [1.82, 2.24) is 14.8 Å². The molecule has 1 heterocycles. The van der Waals surface area contributed by atoms with Crippen LogP contribution < -0.4 is 5.32 Å². The Morgan fingerprint density at radius 1 is 1.50 bits per heavy atom. The van der Waals surface area contributed by atoms with Crippen LogP contribution in [0.5, 0.6) is 0 Å². The van der Waals surface area contributed by atoms with E-state index in [1.807, 2.05) is 11.8 Å². The fourth-order valence-corrected chi connectivity index (χ4v) is 1.97. The molecule has 0 amide bonds. The minimum atomic E-state index is 0.173. The van der Waals surface area contributed by atoms with Gasteiger partial charge < -0.3 is 14.8 Å². The fraction of sp³-hybridized carbons (Fsp3) is 0.667. The molecule has 0 saturated heterocycles. The minimum absolute atomic E-state index is 0.173. The van der Waals surface area contributed by atoms with Crippen LogP contribution in [0.3, 0.4) is 0 Å². The van der Waals surface area contributed by atoms with Crippen molar-refractivity contribution < 1.29 is 0 Å². The van der Waals surface area contributed by atoms with Gasteiger partial charge in [-0.25, -0.2) is 0 Å². The predicted molar refractivity (Wildman–Crippen MR) is 90.5 cm³/mol. The summed E-state index contributed by atoms with van der Waals surface area (Å²) in [7, 11) is 4.16. The number of nitrogens with one attached hydrogen (secondary N) is 1. The molecular weight excluding hydrogens is 268 g/mol. The number of hydrogen-bond acceptors (Lipinski definition) is 2. The lowest BCUT2D eigenvalue weighted by Gasteiger charge is -2.25. The molecule has 1 aromatic heterocycles. The molecular formula is C15H28N4S. The number of hydrogen-bond donors (Lipinski definition) is 1. The molecule has 0 aromatic carbocycles. The summed E-state index contributed by atoms with van der Waals surface area (Å²) in [6.07, 6.45) is 4.21. The van der Waals surface area contributed by atoms with Gasteiger partial charge in [-0.2, -0.15) is 11.8 Å². The van der Waals surface area contributed by atoms with E-state index >= 15 is 0 Å². The average Bonchev–Trinajstić information content (AvgIpc) is 2.80. The zero-order valence-electron chi connectivity index (χ0n) is 13.6. The Morgan fingerprint density at radius 3 is 2.70 bits per heavy atom. The molecule has 0 fully saturated rings. The van der Waals surface area contributed by atoms with E-state index in [0.717, 1.165) is 25.6 Å². The number of nitrogens with zero attached hydrogens (tertiary/aromatic N) is 3. The summed E-state index contributed by atoms with van der Waals surface area (Å²) in [5, 5.41) is 3.37. The molecule has 5 heteroatoms. The van der Waals surface area contributed by atoms with Gasteiger partial charge in [-0.15, -0.1) is 0 Å². The minimum Gasteiger partial charge on any atom is -0.357 e. The summed E-state index contributed by atoms with van der Waals surface area (Å²) >= 11 is 1.85. The van der Waals surface area contributed by atoms with Gasteiger partial charge in [-0.05, 0) is 39.2 Å². The van der Waals surface area contributed by atoms with E-state index in [-0.39, 0.29) is 4.75 Å². The zero-order valence-corrected chi connectivity index (χ0v) is 14.4. The first kappa shape index (κ1) is 17.0. The van der Waals surface area contributed by atoms with E-state index < -0.39 is 0 Å². The molecule has 1 N–H and O–H groups in total. The molecule has 0 aliphatic heterocycles. The van der Waals surface area contributed by atoms with E-state index in [1.54, 1.807) is 0 Å². The Labute approximate surface area is 127 Å². The topological polar surface area (TPSA) is 32.6 Å². The fourth-order valence-electron chi connectivity index (χ4n) is 1.78.